The number of carbonyl (C=O) groups excluding carboxylic acids is 1. The number of likely N-dealkylation sites (tertiary alicyclic amines) is 1. The molecule has 1 aliphatic rings. The normalized spacial score (nSPS) is 24.6. The number of carboxylic acid groups (broad SMARTS) is 1. The molecule has 1 aliphatic heterocycles. The third-order valence-corrected chi connectivity index (χ3v) is 3.95. The smallest absolute Gasteiger partial charge is 0.309 e. The number of thiophene rings is 1. The maximum atomic E-state index is 12.1. The minimum atomic E-state index is -0.897. The summed E-state index contributed by atoms with van der Waals surface area (Å²) in [6.45, 7) is 5.82. The number of amides is 1. The van der Waals surface area contributed by atoms with E-state index < -0.39 is 11.9 Å². The summed E-state index contributed by atoms with van der Waals surface area (Å²) in [6, 6.07) is 1.56. The van der Waals surface area contributed by atoms with E-state index in [-0.39, 0.29) is 23.9 Å². The van der Waals surface area contributed by atoms with Crippen molar-refractivity contribution >= 4 is 23.2 Å². The molecular weight excluding hydrogens is 250 g/mol. The number of hydrogen-bond acceptors (Lipinski definition) is 3. The van der Waals surface area contributed by atoms with Crippen LogP contribution < -0.4 is 0 Å². The van der Waals surface area contributed by atoms with Gasteiger partial charge < -0.3 is 10.0 Å². The molecule has 1 aromatic heterocycles. The number of aliphatic carboxylic acids is 1. The molecular formula is C13H17NO3S. The molecule has 4 nitrogen and oxygen atoms in total. The van der Waals surface area contributed by atoms with E-state index in [0.29, 0.717) is 0 Å². The van der Waals surface area contributed by atoms with Gasteiger partial charge in [0, 0.05) is 12.0 Å². The van der Waals surface area contributed by atoms with E-state index in [0.717, 1.165) is 5.56 Å². The first-order valence-corrected chi connectivity index (χ1v) is 6.83. The summed E-state index contributed by atoms with van der Waals surface area (Å²) in [7, 11) is 0. The summed E-state index contributed by atoms with van der Waals surface area (Å²) in [5.41, 5.74) is 0.557. The third-order valence-electron chi connectivity index (χ3n) is 3.25. The van der Waals surface area contributed by atoms with Crippen molar-refractivity contribution < 1.29 is 14.7 Å². The zero-order chi connectivity index (χ0) is 13.5. The van der Waals surface area contributed by atoms with Gasteiger partial charge in [0.25, 0.3) is 0 Å². The van der Waals surface area contributed by atoms with Gasteiger partial charge in [0.05, 0.1) is 12.0 Å². The van der Waals surface area contributed by atoms with Crippen LogP contribution >= 0.6 is 11.3 Å². The van der Waals surface area contributed by atoms with E-state index in [1.807, 2.05) is 37.6 Å². The molecule has 98 valence electrons. The Morgan fingerprint density at radius 1 is 1.50 bits per heavy atom. The fourth-order valence-corrected chi connectivity index (χ4v) is 3.26. The third kappa shape index (κ3) is 2.14. The molecule has 2 heterocycles. The molecule has 1 saturated heterocycles. The quantitative estimate of drug-likeness (QED) is 0.895. The standard InChI is InChI=1S/C13H17NO3S/c1-13(2,3)14-10(15)6-9(12(16)17)11(14)8-4-5-18-7-8/h4-5,7,9,11H,6H2,1-3H3,(H,16,17). The molecule has 1 amide bonds. The van der Waals surface area contributed by atoms with Gasteiger partial charge in [-0.1, -0.05) is 0 Å². The first-order valence-electron chi connectivity index (χ1n) is 5.89. The molecule has 18 heavy (non-hydrogen) atoms. The van der Waals surface area contributed by atoms with E-state index in [4.69, 9.17) is 0 Å². The first kappa shape index (κ1) is 13.1. The molecule has 1 N–H and O–H groups in total. The maximum absolute atomic E-state index is 12.1. The number of carbonyl (C=O) groups is 2. The Morgan fingerprint density at radius 3 is 2.61 bits per heavy atom. The van der Waals surface area contributed by atoms with E-state index in [2.05, 4.69) is 0 Å². The zero-order valence-corrected chi connectivity index (χ0v) is 11.5. The first-order chi connectivity index (χ1) is 8.32. The van der Waals surface area contributed by atoms with E-state index in [9.17, 15) is 14.7 Å². The minimum Gasteiger partial charge on any atom is -0.481 e. The Hall–Kier alpha value is -1.36. The highest BCUT2D eigenvalue weighted by atomic mass is 32.1. The van der Waals surface area contributed by atoms with Crippen molar-refractivity contribution in [2.75, 3.05) is 0 Å². The number of hydrogen-bond donors (Lipinski definition) is 1. The van der Waals surface area contributed by atoms with Crippen molar-refractivity contribution in [2.24, 2.45) is 5.92 Å². The van der Waals surface area contributed by atoms with Crippen LogP contribution in [-0.2, 0) is 9.59 Å². The Balaban J connectivity index is 2.45. The highest BCUT2D eigenvalue weighted by Gasteiger charge is 2.48. The van der Waals surface area contributed by atoms with Crippen LogP contribution in [0.5, 0.6) is 0 Å². The molecule has 0 bridgehead atoms. The highest BCUT2D eigenvalue weighted by Crippen LogP contribution is 2.42. The SMILES string of the molecule is CC(C)(C)N1C(=O)CC(C(=O)O)C1c1ccsc1. The predicted molar refractivity (Wildman–Crippen MR) is 69.4 cm³/mol. The van der Waals surface area contributed by atoms with E-state index in [1.54, 1.807) is 4.90 Å². The molecule has 5 heteroatoms. The van der Waals surface area contributed by atoms with Gasteiger partial charge in [-0.2, -0.15) is 11.3 Å². The summed E-state index contributed by atoms with van der Waals surface area (Å²) in [5, 5.41) is 13.2. The second kappa shape index (κ2) is 4.39. The molecule has 0 radical (unpaired) electrons. The van der Waals surface area contributed by atoms with Crippen molar-refractivity contribution in [1.29, 1.82) is 0 Å². The Labute approximate surface area is 110 Å². The summed E-state index contributed by atoms with van der Waals surface area (Å²) in [4.78, 5) is 25.2. The number of nitrogens with zero attached hydrogens (tertiary/aromatic N) is 1. The summed E-state index contributed by atoms with van der Waals surface area (Å²) >= 11 is 1.52. The Bertz CT molecular complexity index is 461. The number of rotatable bonds is 2. The summed E-state index contributed by atoms with van der Waals surface area (Å²) in [5.74, 6) is -1.62. The van der Waals surface area contributed by atoms with E-state index >= 15 is 0 Å². The second-order valence-corrected chi connectivity index (χ2v) is 6.36. The second-order valence-electron chi connectivity index (χ2n) is 5.58. The van der Waals surface area contributed by atoms with Gasteiger partial charge in [-0.3, -0.25) is 9.59 Å². The molecule has 0 spiro atoms. The Morgan fingerprint density at radius 2 is 2.17 bits per heavy atom. The fraction of sp³-hybridized carbons (Fsp3) is 0.538. The summed E-state index contributed by atoms with van der Waals surface area (Å²) in [6.07, 6.45) is 0.0904. The van der Waals surface area contributed by atoms with Gasteiger partial charge in [0.1, 0.15) is 0 Å². The van der Waals surface area contributed by atoms with Crippen LogP contribution in [0.2, 0.25) is 0 Å². The van der Waals surface area contributed by atoms with Crippen LogP contribution in [0.15, 0.2) is 16.8 Å². The predicted octanol–water partition coefficient (Wildman–Crippen LogP) is 2.52. The molecule has 0 saturated carbocycles. The monoisotopic (exact) mass is 267 g/mol. The lowest BCUT2D eigenvalue weighted by Gasteiger charge is -2.38. The van der Waals surface area contributed by atoms with E-state index in [1.165, 1.54) is 11.3 Å². The maximum Gasteiger partial charge on any atom is 0.309 e. The molecule has 2 unspecified atom stereocenters. The van der Waals surface area contributed by atoms with Crippen LogP contribution in [-0.4, -0.2) is 27.4 Å². The molecule has 1 aromatic rings. The highest BCUT2D eigenvalue weighted by molar-refractivity contribution is 7.08. The summed E-state index contributed by atoms with van der Waals surface area (Å²) < 4.78 is 0. The van der Waals surface area contributed by atoms with Gasteiger partial charge >= 0.3 is 5.97 Å². The van der Waals surface area contributed by atoms with Crippen molar-refractivity contribution in [3.63, 3.8) is 0 Å². The molecule has 0 aromatic carbocycles. The average molecular weight is 267 g/mol. The average Bonchev–Trinajstić information content (AvgIpc) is 2.81. The number of carboxylic acids is 1. The Kier molecular flexibility index (Phi) is 3.19. The van der Waals surface area contributed by atoms with Gasteiger partial charge in [-0.15, -0.1) is 0 Å². The zero-order valence-electron chi connectivity index (χ0n) is 10.7. The van der Waals surface area contributed by atoms with Crippen molar-refractivity contribution in [2.45, 2.75) is 38.8 Å². The lowest BCUT2D eigenvalue weighted by atomic mass is 9.93. The van der Waals surface area contributed by atoms with Gasteiger partial charge in [0.2, 0.25) is 5.91 Å². The molecule has 0 aliphatic carbocycles. The molecule has 2 atom stereocenters. The topological polar surface area (TPSA) is 57.6 Å². The van der Waals surface area contributed by atoms with Crippen molar-refractivity contribution in [1.82, 2.24) is 4.90 Å². The van der Waals surface area contributed by atoms with Crippen molar-refractivity contribution in [3.05, 3.63) is 22.4 Å². The van der Waals surface area contributed by atoms with Crippen LogP contribution in [0.25, 0.3) is 0 Å². The van der Waals surface area contributed by atoms with Crippen LogP contribution in [0.3, 0.4) is 0 Å². The van der Waals surface area contributed by atoms with Crippen LogP contribution in [0, 0.1) is 5.92 Å². The van der Waals surface area contributed by atoms with Gasteiger partial charge in [0.15, 0.2) is 0 Å². The lowest BCUT2D eigenvalue weighted by Crippen LogP contribution is -2.44. The van der Waals surface area contributed by atoms with Crippen LogP contribution in [0.1, 0.15) is 38.8 Å². The van der Waals surface area contributed by atoms with Gasteiger partial charge in [-0.05, 0) is 43.2 Å². The largest absolute Gasteiger partial charge is 0.481 e. The molecule has 1 fully saturated rings. The lowest BCUT2D eigenvalue weighted by molar-refractivity contribution is -0.142. The van der Waals surface area contributed by atoms with Gasteiger partial charge in [-0.25, -0.2) is 0 Å². The minimum absolute atomic E-state index is 0.0777. The van der Waals surface area contributed by atoms with Crippen LogP contribution in [0.4, 0.5) is 0 Å². The van der Waals surface area contributed by atoms with Crippen molar-refractivity contribution in [3.8, 4) is 0 Å². The molecule has 2 rings (SSSR count). The fourth-order valence-electron chi connectivity index (χ4n) is 2.57.